The van der Waals surface area contributed by atoms with Gasteiger partial charge in [0.1, 0.15) is 0 Å². The van der Waals surface area contributed by atoms with Crippen molar-refractivity contribution in [3.8, 4) is 0 Å². The van der Waals surface area contributed by atoms with Crippen molar-refractivity contribution < 1.29 is 0 Å². The van der Waals surface area contributed by atoms with Crippen LogP contribution in [0, 0.1) is 11.8 Å². The summed E-state index contributed by atoms with van der Waals surface area (Å²) < 4.78 is 0. The maximum absolute atomic E-state index is 6.25. The lowest BCUT2D eigenvalue weighted by Gasteiger charge is -2.56. The predicted molar refractivity (Wildman–Crippen MR) is 67.5 cm³/mol. The van der Waals surface area contributed by atoms with Crippen molar-refractivity contribution in [2.24, 2.45) is 17.6 Å². The van der Waals surface area contributed by atoms with Crippen LogP contribution in [0.4, 0.5) is 0 Å². The largest absolute Gasteiger partial charge is 0.327 e. The molecule has 2 aliphatic rings. The van der Waals surface area contributed by atoms with Crippen molar-refractivity contribution in [3.63, 3.8) is 0 Å². The van der Waals surface area contributed by atoms with Gasteiger partial charge in [0.25, 0.3) is 0 Å². The molecule has 0 saturated heterocycles. The molecule has 1 heteroatoms. The molecule has 16 heavy (non-hydrogen) atoms. The Labute approximate surface area is 98.0 Å². The zero-order valence-corrected chi connectivity index (χ0v) is 10.4. The first-order chi connectivity index (χ1) is 7.52. The molecule has 0 bridgehead atoms. The van der Waals surface area contributed by atoms with E-state index in [-0.39, 0.29) is 0 Å². The first-order valence-corrected chi connectivity index (χ1v) is 6.37. The maximum Gasteiger partial charge on any atom is 0.0105 e. The van der Waals surface area contributed by atoms with Gasteiger partial charge in [0, 0.05) is 6.04 Å². The molecule has 0 heterocycles. The SMILES string of the molecule is CC1C(N)C2CC(C)(C)c3ccccc3C12. The Morgan fingerprint density at radius 3 is 2.69 bits per heavy atom. The lowest BCUT2D eigenvalue weighted by Crippen LogP contribution is -2.57. The van der Waals surface area contributed by atoms with Gasteiger partial charge in [0.15, 0.2) is 0 Å². The topological polar surface area (TPSA) is 26.0 Å². The fraction of sp³-hybridized carbons (Fsp3) is 0.600. The van der Waals surface area contributed by atoms with Gasteiger partial charge in [-0.15, -0.1) is 0 Å². The van der Waals surface area contributed by atoms with Crippen molar-refractivity contribution in [1.29, 1.82) is 0 Å². The minimum Gasteiger partial charge on any atom is -0.327 e. The van der Waals surface area contributed by atoms with Crippen LogP contribution in [0.15, 0.2) is 24.3 Å². The first kappa shape index (κ1) is 10.3. The smallest absolute Gasteiger partial charge is 0.0105 e. The number of nitrogens with two attached hydrogens (primary N) is 1. The lowest BCUT2D eigenvalue weighted by molar-refractivity contribution is 0.0692. The number of benzene rings is 1. The Balaban J connectivity index is 2.12. The molecular weight excluding hydrogens is 194 g/mol. The molecule has 1 aromatic rings. The van der Waals surface area contributed by atoms with Crippen LogP contribution >= 0.6 is 0 Å². The molecule has 0 aromatic heterocycles. The van der Waals surface area contributed by atoms with Gasteiger partial charge in [-0.25, -0.2) is 0 Å². The van der Waals surface area contributed by atoms with Gasteiger partial charge in [-0.1, -0.05) is 45.0 Å². The summed E-state index contributed by atoms with van der Waals surface area (Å²) in [5.74, 6) is 2.08. The number of rotatable bonds is 0. The van der Waals surface area contributed by atoms with Crippen molar-refractivity contribution in [2.45, 2.75) is 44.6 Å². The second-order valence-corrected chi connectivity index (χ2v) is 6.30. The van der Waals surface area contributed by atoms with Crippen molar-refractivity contribution in [2.75, 3.05) is 0 Å². The van der Waals surface area contributed by atoms with E-state index in [0.29, 0.717) is 23.3 Å². The third kappa shape index (κ3) is 1.15. The molecule has 0 aliphatic heterocycles. The fourth-order valence-electron chi connectivity index (χ4n) is 3.99. The molecule has 0 amide bonds. The van der Waals surface area contributed by atoms with Crippen molar-refractivity contribution >= 4 is 0 Å². The Bertz CT molecular complexity index is 421. The van der Waals surface area contributed by atoms with Crippen LogP contribution in [0.5, 0.6) is 0 Å². The van der Waals surface area contributed by atoms with Gasteiger partial charge in [0.05, 0.1) is 0 Å². The molecule has 1 saturated carbocycles. The summed E-state index contributed by atoms with van der Waals surface area (Å²) in [6.45, 7) is 7.02. The highest BCUT2D eigenvalue weighted by Gasteiger charge is 2.52. The summed E-state index contributed by atoms with van der Waals surface area (Å²) in [7, 11) is 0. The maximum atomic E-state index is 6.25. The van der Waals surface area contributed by atoms with E-state index >= 15 is 0 Å². The van der Waals surface area contributed by atoms with E-state index in [1.165, 1.54) is 6.42 Å². The number of hydrogen-bond donors (Lipinski definition) is 1. The zero-order chi connectivity index (χ0) is 11.5. The monoisotopic (exact) mass is 215 g/mol. The van der Waals surface area contributed by atoms with Crippen LogP contribution in [-0.4, -0.2) is 6.04 Å². The molecule has 1 aromatic carbocycles. The van der Waals surface area contributed by atoms with Gasteiger partial charge >= 0.3 is 0 Å². The second-order valence-electron chi connectivity index (χ2n) is 6.30. The molecule has 2 aliphatic carbocycles. The second kappa shape index (κ2) is 3.10. The first-order valence-electron chi connectivity index (χ1n) is 6.37. The summed E-state index contributed by atoms with van der Waals surface area (Å²) in [5.41, 5.74) is 9.67. The quantitative estimate of drug-likeness (QED) is 0.707. The van der Waals surface area contributed by atoms with Crippen LogP contribution in [0.3, 0.4) is 0 Å². The van der Waals surface area contributed by atoms with E-state index in [1.54, 1.807) is 11.1 Å². The summed E-state index contributed by atoms with van der Waals surface area (Å²) in [6.07, 6.45) is 1.25. The van der Waals surface area contributed by atoms with Crippen LogP contribution in [0.1, 0.15) is 44.2 Å². The van der Waals surface area contributed by atoms with E-state index in [0.717, 1.165) is 5.92 Å². The molecule has 1 nitrogen and oxygen atoms in total. The zero-order valence-electron chi connectivity index (χ0n) is 10.4. The van der Waals surface area contributed by atoms with Gasteiger partial charge in [-0.2, -0.15) is 0 Å². The highest BCUT2D eigenvalue weighted by atomic mass is 14.8. The normalized spacial score (nSPS) is 39.5. The highest BCUT2D eigenvalue weighted by molar-refractivity contribution is 5.42. The number of fused-ring (bicyclic) bond motifs is 3. The average molecular weight is 215 g/mol. The van der Waals surface area contributed by atoms with Crippen LogP contribution < -0.4 is 5.73 Å². The standard InChI is InChI=1S/C15H21N/c1-9-13-10-6-4-5-7-12(10)15(2,3)8-11(13)14(9)16/h4-7,9,11,13-14H,8,16H2,1-3H3. The molecule has 4 atom stereocenters. The molecule has 3 rings (SSSR count). The molecule has 2 N–H and O–H groups in total. The highest BCUT2D eigenvalue weighted by Crippen LogP contribution is 2.57. The third-order valence-corrected chi connectivity index (χ3v) is 4.92. The van der Waals surface area contributed by atoms with Gasteiger partial charge in [-0.05, 0) is 40.7 Å². The van der Waals surface area contributed by atoms with Gasteiger partial charge in [0.2, 0.25) is 0 Å². The summed E-state index contributed by atoms with van der Waals surface area (Å²) in [6, 6.07) is 9.38. The average Bonchev–Trinajstić information content (AvgIpc) is 2.28. The Morgan fingerprint density at radius 1 is 1.25 bits per heavy atom. The van der Waals surface area contributed by atoms with Crippen molar-refractivity contribution in [3.05, 3.63) is 35.4 Å². The van der Waals surface area contributed by atoms with Gasteiger partial charge in [-0.3, -0.25) is 0 Å². The van der Waals surface area contributed by atoms with E-state index in [2.05, 4.69) is 45.0 Å². The fourth-order valence-corrected chi connectivity index (χ4v) is 3.99. The summed E-state index contributed by atoms with van der Waals surface area (Å²) in [5, 5.41) is 0. The Kier molecular flexibility index (Phi) is 2.00. The van der Waals surface area contributed by atoms with E-state index in [1.807, 2.05) is 0 Å². The minimum absolute atomic E-state index is 0.301. The molecule has 4 unspecified atom stereocenters. The molecule has 86 valence electrons. The van der Waals surface area contributed by atoms with E-state index in [9.17, 15) is 0 Å². The predicted octanol–water partition coefficient (Wildman–Crippen LogP) is 3.04. The number of hydrogen-bond acceptors (Lipinski definition) is 1. The Morgan fingerprint density at radius 2 is 1.94 bits per heavy atom. The van der Waals surface area contributed by atoms with E-state index in [4.69, 9.17) is 5.73 Å². The van der Waals surface area contributed by atoms with Gasteiger partial charge < -0.3 is 5.73 Å². The molecule has 0 radical (unpaired) electrons. The molecule has 0 spiro atoms. The minimum atomic E-state index is 0.301. The molecule has 1 fully saturated rings. The molecular formula is C15H21N. The Hall–Kier alpha value is -0.820. The third-order valence-electron chi connectivity index (χ3n) is 4.92. The lowest BCUT2D eigenvalue weighted by atomic mass is 9.50. The van der Waals surface area contributed by atoms with Crippen molar-refractivity contribution in [1.82, 2.24) is 0 Å². The van der Waals surface area contributed by atoms with Crippen LogP contribution in [-0.2, 0) is 5.41 Å². The van der Waals surface area contributed by atoms with Crippen LogP contribution in [0.2, 0.25) is 0 Å². The van der Waals surface area contributed by atoms with E-state index < -0.39 is 0 Å². The summed E-state index contributed by atoms with van der Waals surface area (Å²) >= 11 is 0. The van der Waals surface area contributed by atoms with Crippen LogP contribution in [0.25, 0.3) is 0 Å². The summed E-state index contributed by atoms with van der Waals surface area (Å²) in [4.78, 5) is 0.